The standard InChI is InChI=1S/C7H9NO3/c1-11-7-3-2-4-8(10)6(7)5-9/h2-4,9H,5H2,1H3. The van der Waals surface area contributed by atoms with Gasteiger partial charge in [0.15, 0.2) is 11.9 Å². The Bertz CT molecular complexity index is 249. The van der Waals surface area contributed by atoms with Crippen LogP contribution in [-0.2, 0) is 6.61 Å². The molecule has 0 aliphatic carbocycles. The van der Waals surface area contributed by atoms with Gasteiger partial charge >= 0.3 is 0 Å². The van der Waals surface area contributed by atoms with E-state index < -0.39 is 0 Å². The minimum atomic E-state index is -0.312. The van der Waals surface area contributed by atoms with Gasteiger partial charge in [0.25, 0.3) is 5.69 Å². The Morgan fingerprint density at radius 3 is 2.91 bits per heavy atom. The number of ether oxygens (including phenoxy) is 1. The van der Waals surface area contributed by atoms with Gasteiger partial charge < -0.3 is 15.1 Å². The summed E-state index contributed by atoms with van der Waals surface area (Å²) in [5.74, 6) is 0.407. The summed E-state index contributed by atoms with van der Waals surface area (Å²) in [5.41, 5.74) is 0.231. The molecule has 11 heavy (non-hydrogen) atoms. The van der Waals surface area contributed by atoms with Crippen molar-refractivity contribution in [1.82, 2.24) is 0 Å². The van der Waals surface area contributed by atoms with Crippen LogP contribution >= 0.6 is 0 Å². The third kappa shape index (κ3) is 1.40. The maximum atomic E-state index is 10.9. The van der Waals surface area contributed by atoms with Crippen molar-refractivity contribution in [3.63, 3.8) is 0 Å². The lowest BCUT2D eigenvalue weighted by Gasteiger charge is -2.05. The summed E-state index contributed by atoms with van der Waals surface area (Å²) < 4.78 is 5.42. The zero-order chi connectivity index (χ0) is 8.27. The second-order valence-corrected chi connectivity index (χ2v) is 2.01. The van der Waals surface area contributed by atoms with Crippen molar-refractivity contribution in [2.75, 3.05) is 7.11 Å². The van der Waals surface area contributed by atoms with Gasteiger partial charge in [-0.15, -0.1) is 0 Å². The molecule has 0 unspecified atom stereocenters. The Kier molecular flexibility index (Phi) is 2.28. The van der Waals surface area contributed by atoms with E-state index in [4.69, 9.17) is 9.84 Å². The van der Waals surface area contributed by atoms with Crippen molar-refractivity contribution in [2.24, 2.45) is 0 Å². The van der Waals surface area contributed by atoms with E-state index in [1.807, 2.05) is 0 Å². The molecular weight excluding hydrogens is 146 g/mol. The second kappa shape index (κ2) is 3.21. The lowest BCUT2D eigenvalue weighted by atomic mass is 10.3. The molecule has 1 heterocycles. The highest BCUT2D eigenvalue weighted by molar-refractivity contribution is 5.22. The van der Waals surface area contributed by atoms with Crippen LogP contribution in [0.25, 0.3) is 0 Å². The van der Waals surface area contributed by atoms with Gasteiger partial charge in [-0.2, -0.15) is 4.73 Å². The number of hydrogen-bond acceptors (Lipinski definition) is 3. The normalized spacial score (nSPS) is 9.64. The number of aromatic nitrogens is 1. The number of methoxy groups -OCH3 is 1. The van der Waals surface area contributed by atoms with Gasteiger partial charge in [-0.25, -0.2) is 0 Å². The Morgan fingerprint density at radius 2 is 2.45 bits per heavy atom. The summed E-state index contributed by atoms with van der Waals surface area (Å²) in [7, 11) is 1.45. The average molecular weight is 155 g/mol. The van der Waals surface area contributed by atoms with Gasteiger partial charge in [0.1, 0.15) is 6.61 Å². The van der Waals surface area contributed by atoms with Crippen molar-refractivity contribution in [1.29, 1.82) is 0 Å². The lowest BCUT2D eigenvalue weighted by molar-refractivity contribution is -0.616. The zero-order valence-electron chi connectivity index (χ0n) is 6.15. The first-order valence-corrected chi connectivity index (χ1v) is 3.15. The monoisotopic (exact) mass is 155 g/mol. The largest absolute Gasteiger partial charge is 0.618 e. The van der Waals surface area contributed by atoms with Crippen molar-refractivity contribution in [3.8, 4) is 5.75 Å². The Labute approximate surface area is 64.2 Å². The van der Waals surface area contributed by atoms with E-state index in [-0.39, 0.29) is 12.3 Å². The Hall–Kier alpha value is -1.29. The van der Waals surface area contributed by atoms with Crippen LogP contribution < -0.4 is 9.47 Å². The first-order chi connectivity index (χ1) is 5.29. The first kappa shape index (κ1) is 7.81. The molecule has 0 saturated heterocycles. The molecule has 0 saturated carbocycles. The molecule has 0 bridgehead atoms. The number of aliphatic hydroxyl groups is 1. The molecule has 0 aromatic carbocycles. The summed E-state index contributed by atoms with van der Waals surface area (Å²) in [4.78, 5) is 0. The molecule has 0 aliphatic heterocycles. The zero-order valence-corrected chi connectivity index (χ0v) is 6.15. The van der Waals surface area contributed by atoms with E-state index in [2.05, 4.69) is 0 Å². The topological polar surface area (TPSA) is 56.4 Å². The number of nitrogens with zero attached hydrogens (tertiary/aromatic N) is 1. The highest BCUT2D eigenvalue weighted by atomic mass is 16.5. The van der Waals surface area contributed by atoms with Crippen LogP contribution in [0.5, 0.6) is 5.75 Å². The van der Waals surface area contributed by atoms with Crippen LogP contribution in [0, 0.1) is 5.21 Å². The molecule has 1 rings (SSSR count). The van der Waals surface area contributed by atoms with Gasteiger partial charge in [0.2, 0.25) is 0 Å². The summed E-state index contributed by atoms with van der Waals surface area (Å²) in [6, 6.07) is 3.19. The van der Waals surface area contributed by atoms with Crippen molar-refractivity contribution in [3.05, 3.63) is 29.2 Å². The molecule has 0 amide bonds. The summed E-state index contributed by atoms with van der Waals surface area (Å²) in [6.07, 6.45) is 1.31. The molecule has 0 spiro atoms. The highest BCUT2D eigenvalue weighted by Crippen LogP contribution is 2.11. The third-order valence-corrected chi connectivity index (χ3v) is 1.39. The van der Waals surface area contributed by atoms with E-state index in [9.17, 15) is 5.21 Å². The van der Waals surface area contributed by atoms with E-state index in [0.29, 0.717) is 10.5 Å². The van der Waals surface area contributed by atoms with Crippen LogP contribution in [0.4, 0.5) is 0 Å². The molecule has 1 aromatic rings. The molecule has 0 fully saturated rings. The predicted molar refractivity (Wildman–Crippen MR) is 37.9 cm³/mol. The van der Waals surface area contributed by atoms with E-state index >= 15 is 0 Å². The molecule has 4 nitrogen and oxygen atoms in total. The van der Waals surface area contributed by atoms with Crippen LogP contribution in [0.3, 0.4) is 0 Å². The van der Waals surface area contributed by atoms with Crippen LogP contribution in [0.2, 0.25) is 0 Å². The fraction of sp³-hybridized carbons (Fsp3) is 0.286. The fourth-order valence-corrected chi connectivity index (χ4v) is 0.837. The number of rotatable bonds is 2. The van der Waals surface area contributed by atoms with Crippen LogP contribution in [0.1, 0.15) is 5.69 Å². The molecule has 0 radical (unpaired) electrons. The van der Waals surface area contributed by atoms with Gasteiger partial charge in [0.05, 0.1) is 7.11 Å². The molecule has 60 valence electrons. The highest BCUT2D eigenvalue weighted by Gasteiger charge is 2.09. The number of hydrogen-bond donors (Lipinski definition) is 1. The minimum absolute atomic E-state index is 0.231. The van der Waals surface area contributed by atoms with E-state index in [1.54, 1.807) is 12.1 Å². The average Bonchev–Trinajstić information content (AvgIpc) is 2.04. The fourth-order valence-electron chi connectivity index (χ4n) is 0.837. The number of aliphatic hydroxyl groups excluding tert-OH is 1. The van der Waals surface area contributed by atoms with Crippen molar-refractivity contribution in [2.45, 2.75) is 6.61 Å². The maximum Gasteiger partial charge on any atom is 0.260 e. The minimum Gasteiger partial charge on any atom is -0.618 e. The van der Waals surface area contributed by atoms with Crippen LogP contribution in [0.15, 0.2) is 18.3 Å². The molecule has 0 atom stereocenters. The van der Waals surface area contributed by atoms with Gasteiger partial charge in [-0.1, -0.05) is 0 Å². The van der Waals surface area contributed by atoms with Crippen molar-refractivity contribution >= 4 is 0 Å². The lowest BCUT2D eigenvalue weighted by Crippen LogP contribution is -2.31. The quantitative estimate of drug-likeness (QED) is 0.476. The number of pyridine rings is 1. The summed E-state index contributed by atoms with van der Waals surface area (Å²) >= 11 is 0. The van der Waals surface area contributed by atoms with E-state index in [1.165, 1.54) is 13.3 Å². The SMILES string of the molecule is COc1ccc[n+]([O-])c1CO. The Balaban J connectivity index is 3.13. The smallest absolute Gasteiger partial charge is 0.260 e. The second-order valence-electron chi connectivity index (χ2n) is 2.01. The maximum absolute atomic E-state index is 10.9. The molecule has 1 N–H and O–H groups in total. The van der Waals surface area contributed by atoms with Gasteiger partial charge in [0, 0.05) is 6.07 Å². The molecule has 0 aliphatic rings. The van der Waals surface area contributed by atoms with Crippen molar-refractivity contribution < 1.29 is 14.6 Å². The van der Waals surface area contributed by atoms with E-state index in [0.717, 1.165) is 0 Å². The molecule has 1 aromatic heterocycles. The molecular formula is C7H9NO3. The predicted octanol–water partition coefficient (Wildman–Crippen LogP) is -0.179. The van der Waals surface area contributed by atoms with Crippen LogP contribution in [-0.4, -0.2) is 12.2 Å². The van der Waals surface area contributed by atoms with Gasteiger partial charge in [-0.05, 0) is 6.07 Å². The Morgan fingerprint density at radius 1 is 1.73 bits per heavy atom. The molecule has 4 heteroatoms. The van der Waals surface area contributed by atoms with Gasteiger partial charge in [-0.3, -0.25) is 0 Å². The summed E-state index contributed by atoms with van der Waals surface area (Å²) in [6.45, 7) is -0.312. The first-order valence-electron chi connectivity index (χ1n) is 3.15. The summed E-state index contributed by atoms with van der Waals surface area (Å²) in [5, 5.41) is 19.6. The third-order valence-electron chi connectivity index (χ3n) is 1.39.